The Balaban J connectivity index is 1.49. The molecule has 2 heterocycles. The number of benzene rings is 1. The summed E-state index contributed by atoms with van der Waals surface area (Å²) in [5.74, 6) is 0.538. The monoisotopic (exact) mass is 347 g/mol. The number of thioether (sulfide) groups is 1. The number of hydrogen-bond acceptors (Lipinski definition) is 7. The molecule has 1 aromatic carbocycles. The van der Waals surface area contributed by atoms with E-state index in [9.17, 15) is 9.59 Å². The van der Waals surface area contributed by atoms with Gasteiger partial charge in [-0.2, -0.15) is 4.98 Å². The summed E-state index contributed by atoms with van der Waals surface area (Å²) in [5.41, 5.74) is 5.34. The maximum Gasteiger partial charge on any atom is 0.349 e. The molecule has 0 unspecified atom stereocenters. The molecule has 0 saturated carbocycles. The topological polar surface area (TPSA) is 96.4 Å². The summed E-state index contributed by atoms with van der Waals surface area (Å²) in [6.07, 6.45) is 1.46. The Morgan fingerprint density at radius 3 is 2.92 bits per heavy atom. The lowest BCUT2D eigenvalue weighted by molar-refractivity contribution is 0.00451. The number of nitrogens with two attached hydrogens (primary N) is 1. The van der Waals surface area contributed by atoms with Crippen LogP contribution in [-0.4, -0.2) is 39.4 Å². The number of anilines is 1. The zero-order valence-corrected chi connectivity index (χ0v) is 13.6. The van der Waals surface area contributed by atoms with E-state index in [1.54, 1.807) is 48.3 Å². The smallest absolute Gasteiger partial charge is 0.349 e. The van der Waals surface area contributed by atoms with E-state index in [1.807, 2.05) is 6.07 Å². The highest BCUT2D eigenvalue weighted by Crippen LogP contribution is 2.26. The second-order valence-electron chi connectivity index (χ2n) is 5.27. The first-order chi connectivity index (χ1) is 11.6. The lowest BCUT2D eigenvalue weighted by Crippen LogP contribution is -2.30. The number of carbonyl (C=O) groups excluding carboxylic acids is 1. The second kappa shape index (κ2) is 7.50. The van der Waals surface area contributed by atoms with Crippen molar-refractivity contribution in [3.63, 3.8) is 0 Å². The van der Waals surface area contributed by atoms with Crippen LogP contribution < -0.4 is 11.4 Å². The van der Waals surface area contributed by atoms with Crippen molar-refractivity contribution in [2.75, 3.05) is 18.1 Å². The van der Waals surface area contributed by atoms with E-state index in [1.165, 1.54) is 4.57 Å². The van der Waals surface area contributed by atoms with E-state index in [2.05, 4.69) is 4.98 Å². The maximum atomic E-state index is 11.9. The minimum absolute atomic E-state index is 0.140. The van der Waals surface area contributed by atoms with Crippen molar-refractivity contribution in [1.82, 2.24) is 9.55 Å². The Morgan fingerprint density at radius 2 is 2.17 bits per heavy atom. The molecular formula is C16H17N3O4S. The van der Waals surface area contributed by atoms with E-state index in [0.717, 1.165) is 0 Å². The fourth-order valence-electron chi connectivity index (χ4n) is 2.29. The van der Waals surface area contributed by atoms with Gasteiger partial charge in [0.2, 0.25) is 0 Å². The number of aromatic nitrogens is 2. The predicted octanol–water partition coefficient (Wildman–Crippen LogP) is 1.14. The molecule has 1 saturated heterocycles. The Morgan fingerprint density at radius 1 is 1.38 bits per heavy atom. The number of hydrogen-bond donors (Lipinski definition) is 1. The van der Waals surface area contributed by atoms with Crippen LogP contribution in [0, 0.1) is 0 Å². The largest absolute Gasteiger partial charge is 0.458 e. The quantitative estimate of drug-likeness (QED) is 0.810. The molecule has 3 rings (SSSR count). The molecule has 1 fully saturated rings. The highest BCUT2D eigenvalue weighted by Gasteiger charge is 2.27. The second-order valence-corrected chi connectivity index (χ2v) is 6.47. The molecule has 24 heavy (non-hydrogen) atoms. The van der Waals surface area contributed by atoms with Crippen LogP contribution in [0.5, 0.6) is 0 Å². The van der Waals surface area contributed by atoms with Crippen molar-refractivity contribution in [2.45, 2.75) is 18.1 Å². The van der Waals surface area contributed by atoms with E-state index < -0.39 is 5.69 Å². The van der Waals surface area contributed by atoms with Gasteiger partial charge in [-0.3, -0.25) is 4.57 Å². The summed E-state index contributed by atoms with van der Waals surface area (Å²) in [5, 5.41) is 0. The first-order valence-electron chi connectivity index (χ1n) is 7.44. The summed E-state index contributed by atoms with van der Waals surface area (Å²) in [7, 11) is 0. The zero-order valence-electron chi connectivity index (χ0n) is 12.8. The van der Waals surface area contributed by atoms with Crippen molar-refractivity contribution >= 4 is 23.5 Å². The number of nitrogen functional groups attached to an aromatic ring is 1. The maximum absolute atomic E-state index is 11.9. The van der Waals surface area contributed by atoms with Crippen molar-refractivity contribution in [2.24, 2.45) is 0 Å². The van der Waals surface area contributed by atoms with Crippen LogP contribution in [0.1, 0.15) is 10.4 Å². The molecule has 2 atom stereocenters. The first-order valence-corrected chi connectivity index (χ1v) is 8.49. The summed E-state index contributed by atoms with van der Waals surface area (Å²) in [6.45, 7) is 0.562. The Hall–Kier alpha value is -2.32. The van der Waals surface area contributed by atoms with Gasteiger partial charge in [-0.25, -0.2) is 9.59 Å². The molecule has 0 amide bonds. The van der Waals surface area contributed by atoms with Crippen LogP contribution in [0.25, 0.3) is 0 Å². The lowest BCUT2D eigenvalue weighted by atomic mass is 10.2. The van der Waals surface area contributed by atoms with Gasteiger partial charge < -0.3 is 15.2 Å². The zero-order chi connectivity index (χ0) is 16.9. The van der Waals surface area contributed by atoms with Gasteiger partial charge in [0, 0.05) is 11.9 Å². The lowest BCUT2D eigenvalue weighted by Gasteiger charge is -2.14. The molecule has 7 nitrogen and oxygen atoms in total. The molecule has 0 bridgehead atoms. The summed E-state index contributed by atoms with van der Waals surface area (Å²) < 4.78 is 12.5. The molecule has 8 heteroatoms. The highest BCUT2D eigenvalue weighted by molar-refractivity contribution is 8.00. The van der Waals surface area contributed by atoms with Gasteiger partial charge in [0.05, 0.1) is 18.2 Å². The van der Waals surface area contributed by atoms with E-state index in [-0.39, 0.29) is 29.9 Å². The molecule has 1 aliphatic rings. The van der Waals surface area contributed by atoms with Crippen LogP contribution >= 0.6 is 11.8 Å². The number of carbonyl (C=O) groups is 1. The third kappa shape index (κ3) is 4.15. The molecule has 1 aliphatic heterocycles. The van der Waals surface area contributed by atoms with Gasteiger partial charge in [0.15, 0.2) is 0 Å². The molecule has 2 aromatic rings. The molecule has 0 aliphatic carbocycles. The van der Waals surface area contributed by atoms with E-state index in [4.69, 9.17) is 15.2 Å². The normalized spacial score (nSPS) is 20.0. The van der Waals surface area contributed by atoms with Crippen molar-refractivity contribution < 1.29 is 14.3 Å². The standard InChI is InChI=1S/C16H17N3O4S/c17-13-6-7-19(16(21)18-13)8-12-10-24-14(23-12)9-22-15(20)11-4-2-1-3-5-11/h1-7,12,14H,8-10H2,(H2,17,18,21)/t12-,14-/m1/s1. The van der Waals surface area contributed by atoms with Crippen molar-refractivity contribution in [1.29, 1.82) is 0 Å². The summed E-state index contributed by atoms with van der Waals surface area (Å²) >= 11 is 1.56. The van der Waals surface area contributed by atoms with Crippen LogP contribution in [0.2, 0.25) is 0 Å². The Labute approximate surface area is 142 Å². The van der Waals surface area contributed by atoms with Crippen LogP contribution in [0.15, 0.2) is 47.4 Å². The van der Waals surface area contributed by atoms with Gasteiger partial charge in [-0.1, -0.05) is 18.2 Å². The van der Waals surface area contributed by atoms with Gasteiger partial charge in [0.1, 0.15) is 17.9 Å². The molecular weight excluding hydrogens is 330 g/mol. The van der Waals surface area contributed by atoms with Crippen LogP contribution in [0.3, 0.4) is 0 Å². The SMILES string of the molecule is Nc1ccn(C[C@@H]2CS[C@H](COC(=O)c3ccccc3)O2)c(=O)n1. The molecule has 0 radical (unpaired) electrons. The van der Waals surface area contributed by atoms with E-state index in [0.29, 0.717) is 17.9 Å². The predicted molar refractivity (Wildman–Crippen MR) is 90.8 cm³/mol. The molecule has 2 N–H and O–H groups in total. The first kappa shape index (κ1) is 16.5. The fraction of sp³-hybridized carbons (Fsp3) is 0.312. The van der Waals surface area contributed by atoms with Crippen molar-refractivity contribution in [3.05, 3.63) is 58.6 Å². The van der Waals surface area contributed by atoms with Gasteiger partial charge >= 0.3 is 11.7 Å². The van der Waals surface area contributed by atoms with Crippen LogP contribution in [0.4, 0.5) is 5.82 Å². The molecule has 126 valence electrons. The van der Waals surface area contributed by atoms with Crippen molar-refractivity contribution in [3.8, 4) is 0 Å². The van der Waals surface area contributed by atoms with Gasteiger partial charge in [0.25, 0.3) is 0 Å². The number of nitrogens with zero attached hydrogens (tertiary/aromatic N) is 2. The minimum atomic E-state index is -0.400. The number of ether oxygens (including phenoxy) is 2. The van der Waals surface area contributed by atoms with E-state index >= 15 is 0 Å². The summed E-state index contributed by atoms with van der Waals surface area (Å²) in [6, 6.07) is 10.4. The molecule has 0 spiro atoms. The fourth-order valence-corrected chi connectivity index (χ4v) is 3.31. The van der Waals surface area contributed by atoms with Crippen LogP contribution in [-0.2, 0) is 16.0 Å². The third-order valence-electron chi connectivity index (χ3n) is 3.47. The Bertz CT molecular complexity index is 765. The van der Waals surface area contributed by atoms with Gasteiger partial charge in [-0.05, 0) is 18.2 Å². The summed E-state index contributed by atoms with van der Waals surface area (Å²) in [4.78, 5) is 27.3. The van der Waals surface area contributed by atoms with Gasteiger partial charge in [-0.15, -0.1) is 11.8 Å². The molecule has 1 aromatic heterocycles. The highest BCUT2D eigenvalue weighted by atomic mass is 32.2. The number of rotatable bonds is 5. The minimum Gasteiger partial charge on any atom is -0.458 e. The average molecular weight is 347 g/mol. The average Bonchev–Trinajstić information content (AvgIpc) is 3.03. The third-order valence-corrected chi connectivity index (χ3v) is 4.65. The Kier molecular flexibility index (Phi) is 5.17. The number of esters is 1.